The lowest BCUT2D eigenvalue weighted by atomic mass is 10.0. The van der Waals surface area contributed by atoms with E-state index >= 15 is 0 Å². The summed E-state index contributed by atoms with van der Waals surface area (Å²) in [4.78, 5) is 29.1. The zero-order valence-electron chi connectivity index (χ0n) is 16.2. The van der Waals surface area contributed by atoms with Gasteiger partial charge in [0.2, 0.25) is 0 Å². The zero-order chi connectivity index (χ0) is 19.4. The quantitative estimate of drug-likeness (QED) is 0.764. The van der Waals surface area contributed by atoms with Gasteiger partial charge >= 0.3 is 0 Å². The fourth-order valence-electron chi connectivity index (χ4n) is 3.23. The number of ether oxygens (including phenoxy) is 1. The zero-order valence-corrected chi connectivity index (χ0v) is 16.2. The number of benzene rings is 2. The fraction of sp³-hybridized carbons (Fsp3) is 0.364. The Kier molecular flexibility index (Phi) is 5.91. The molecule has 1 heterocycles. The van der Waals surface area contributed by atoms with Crippen LogP contribution in [0.5, 0.6) is 5.75 Å². The van der Waals surface area contributed by atoms with Gasteiger partial charge in [0.25, 0.3) is 5.91 Å². The lowest BCUT2D eigenvalue weighted by Crippen LogP contribution is -2.49. The lowest BCUT2D eigenvalue weighted by Gasteiger charge is -2.34. The summed E-state index contributed by atoms with van der Waals surface area (Å²) in [6.45, 7) is 7.14. The van der Waals surface area contributed by atoms with Gasteiger partial charge in [-0.1, -0.05) is 12.1 Å². The number of carbonyl (C=O) groups is 2. The summed E-state index contributed by atoms with van der Waals surface area (Å²) < 4.78 is 5.13. The molecule has 3 rings (SSSR count). The average molecular weight is 366 g/mol. The second-order valence-electron chi connectivity index (χ2n) is 7.02. The fourth-order valence-corrected chi connectivity index (χ4v) is 3.23. The van der Waals surface area contributed by atoms with E-state index < -0.39 is 0 Å². The number of nitrogens with zero attached hydrogens (tertiary/aromatic N) is 2. The van der Waals surface area contributed by atoms with Crippen molar-refractivity contribution in [2.75, 3.05) is 39.8 Å². The Bertz CT molecular complexity index is 822. The molecule has 1 amide bonds. The topological polar surface area (TPSA) is 49.9 Å². The highest BCUT2D eigenvalue weighted by molar-refractivity contribution is 5.98. The molecule has 1 fully saturated rings. The van der Waals surface area contributed by atoms with Crippen molar-refractivity contribution >= 4 is 11.7 Å². The van der Waals surface area contributed by atoms with E-state index in [4.69, 9.17) is 4.74 Å². The van der Waals surface area contributed by atoms with E-state index in [1.165, 1.54) is 5.56 Å². The normalized spacial score (nSPS) is 14.9. The predicted molar refractivity (Wildman–Crippen MR) is 106 cm³/mol. The molecule has 0 unspecified atom stereocenters. The van der Waals surface area contributed by atoms with E-state index in [1.807, 2.05) is 36.9 Å². The van der Waals surface area contributed by atoms with Crippen LogP contribution in [0.15, 0.2) is 42.5 Å². The predicted octanol–water partition coefficient (Wildman–Crippen LogP) is 2.95. The Morgan fingerprint density at radius 2 is 1.52 bits per heavy atom. The third kappa shape index (κ3) is 4.55. The summed E-state index contributed by atoms with van der Waals surface area (Å²) in [6.07, 6.45) is 0. The molecular formula is C22H26N2O3. The maximum absolute atomic E-state index is 12.6. The van der Waals surface area contributed by atoms with Gasteiger partial charge in [-0.2, -0.15) is 0 Å². The number of hydrogen-bond acceptors (Lipinski definition) is 4. The molecule has 0 aliphatic carbocycles. The highest BCUT2D eigenvalue weighted by Crippen LogP contribution is 2.15. The number of methoxy groups -OCH3 is 1. The molecule has 1 saturated heterocycles. The number of piperazine rings is 1. The van der Waals surface area contributed by atoms with Gasteiger partial charge in [-0.25, -0.2) is 0 Å². The molecule has 1 aliphatic heterocycles. The minimum atomic E-state index is 0.0257. The molecule has 5 heteroatoms. The van der Waals surface area contributed by atoms with Crippen LogP contribution < -0.4 is 4.74 Å². The van der Waals surface area contributed by atoms with Crippen molar-refractivity contribution in [1.82, 2.24) is 9.80 Å². The Morgan fingerprint density at radius 3 is 2.11 bits per heavy atom. The first-order valence-corrected chi connectivity index (χ1v) is 9.24. The third-order valence-electron chi connectivity index (χ3n) is 5.19. The van der Waals surface area contributed by atoms with Gasteiger partial charge < -0.3 is 9.64 Å². The van der Waals surface area contributed by atoms with Gasteiger partial charge in [-0.3, -0.25) is 14.5 Å². The summed E-state index contributed by atoms with van der Waals surface area (Å²) in [7, 11) is 1.61. The highest BCUT2D eigenvalue weighted by Gasteiger charge is 2.23. The summed E-state index contributed by atoms with van der Waals surface area (Å²) in [5, 5.41) is 0. The maximum atomic E-state index is 12.6. The molecule has 27 heavy (non-hydrogen) atoms. The minimum absolute atomic E-state index is 0.0257. The molecule has 0 spiro atoms. The van der Waals surface area contributed by atoms with Gasteiger partial charge in [-0.15, -0.1) is 0 Å². The largest absolute Gasteiger partial charge is 0.497 e. The number of amides is 1. The molecule has 5 nitrogen and oxygen atoms in total. The summed E-state index contributed by atoms with van der Waals surface area (Å²) in [6, 6.07) is 13.0. The van der Waals surface area contributed by atoms with Crippen LogP contribution in [0.1, 0.15) is 31.8 Å². The summed E-state index contributed by atoms with van der Waals surface area (Å²) >= 11 is 0. The number of Topliss-reactive ketones (excluding diaryl/α,β-unsaturated/α-hetero) is 1. The van der Waals surface area contributed by atoms with E-state index in [2.05, 4.69) is 4.90 Å². The van der Waals surface area contributed by atoms with Crippen molar-refractivity contribution < 1.29 is 14.3 Å². The van der Waals surface area contributed by atoms with Crippen LogP contribution >= 0.6 is 0 Å². The molecule has 0 saturated carbocycles. The number of carbonyl (C=O) groups excluding carboxylic acids is 2. The lowest BCUT2D eigenvalue weighted by molar-refractivity contribution is 0.0624. The summed E-state index contributed by atoms with van der Waals surface area (Å²) in [5.74, 6) is 0.895. The highest BCUT2D eigenvalue weighted by atomic mass is 16.5. The minimum Gasteiger partial charge on any atom is -0.497 e. The number of rotatable bonds is 5. The first kappa shape index (κ1) is 19.1. The number of hydrogen-bond donors (Lipinski definition) is 0. The molecule has 0 bridgehead atoms. The number of aryl methyl sites for hydroxylation is 2. The van der Waals surface area contributed by atoms with Crippen molar-refractivity contribution in [2.24, 2.45) is 0 Å². The molecule has 2 aromatic carbocycles. The Hall–Kier alpha value is -2.66. The Morgan fingerprint density at radius 1 is 0.889 bits per heavy atom. The molecular weight excluding hydrogens is 340 g/mol. The van der Waals surface area contributed by atoms with E-state index in [0.29, 0.717) is 38.3 Å². The van der Waals surface area contributed by atoms with Crippen LogP contribution in [0.2, 0.25) is 0 Å². The molecule has 0 atom stereocenters. The van der Waals surface area contributed by atoms with Crippen LogP contribution in [0, 0.1) is 13.8 Å². The van der Waals surface area contributed by atoms with Gasteiger partial charge in [0.1, 0.15) is 5.75 Å². The van der Waals surface area contributed by atoms with E-state index in [0.717, 1.165) is 16.9 Å². The van der Waals surface area contributed by atoms with Crippen LogP contribution in [-0.2, 0) is 0 Å². The number of ketones is 1. The van der Waals surface area contributed by atoms with Crippen LogP contribution in [0.3, 0.4) is 0 Å². The Balaban J connectivity index is 1.54. The van der Waals surface area contributed by atoms with E-state index in [9.17, 15) is 9.59 Å². The van der Waals surface area contributed by atoms with Crippen LogP contribution in [-0.4, -0.2) is 61.3 Å². The third-order valence-corrected chi connectivity index (χ3v) is 5.19. The SMILES string of the molecule is COc1ccc(C(=O)N2CCN(CC(=O)c3ccc(C)c(C)c3)CC2)cc1. The first-order valence-electron chi connectivity index (χ1n) is 9.24. The monoisotopic (exact) mass is 366 g/mol. The summed E-state index contributed by atoms with van der Waals surface area (Å²) in [5.41, 5.74) is 3.75. The van der Waals surface area contributed by atoms with E-state index in [-0.39, 0.29) is 11.7 Å². The van der Waals surface area contributed by atoms with Crippen LogP contribution in [0.25, 0.3) is 0 Å². The van der Waals surface area contributed by atoms with Crippen molar-refractivity contribution in [2.45, 2.75) is 13.8 Å². The average Bonchev–Trinajstić information content (AvgIpc) is 2.70. The van der Waals surface area contributed by atoms with Gasteiger partial charge in [0, 0.05) is 37.3 Å². The van der Waals surface area contributed by atoms with Gasteiger partial charge in [0.05, 0.1) is 13.7 Å². The van der Waals surface area contributed by atoms with E-state index in [1.54, 1.807) is 31.4 Å². The smallest absolute Gasteiger partial charge is 0.253 e. The molecule has 0 aromatic heterocycles. The maximum Gasteiger partial charge on any atom is 0.253 e. The van der Waals surface area contributed by atoms with Crippen molar-refractivity contribution in [1.29, 1.82) is 0 Å². The standard InChI is InChI=1S/C22H26N2O3/c1-16-4-5-19(14-17(16)2)21(25)15-23-10-12-24(13-11-23)22(26)18-6-8-20(27-3)9-7-18/h4-9,14H,10-13,15H2,1-3H3. The van der Waals surface area contributed by atoms with Gasteiger partial charge in [-0.05, 0) is 55.3 Å². The van der Waals surface area contributed by atoms with Crippen molar-refractivity contribution in [3.05, 3.63) is 64.7 Å². The molecule has 142 valence electrons. The molecule has 0 radical (unpaired) electrons. The Labute approximate surface area is 160 Å². The molecule has 0 N–H and O–H groups in total. The van der Waals surface area contributed by atoms with Crippen LogP contribution in [0.4, 0.5) is 0 Å². The van der Waals surface area contributed by atoms with Crippen molar-refractivity contribution in [3.63, 3.8) is 0 Å². The molecule has 2 aromatic rings. The first-order chi connectivity index (χ1) is 13.0. The van der Waals surface area contributed by atoms with Gasteiger partial charge in [0.15, 0.2) is 5.78 Å². The van der Waals surface area contributed by atoms with Crippen molar-refractivity contribution in [3.8, 4) is 5.75 Å². The molecule has 1 aliphatic rings. The second kappa shape index (κ2) is 8.35. The second-order valence-corrected chi connectivity index (χ2v) is 7.02.